The van der Waals surface area contributed by atoms with Crippen LogP contribution in [0.2, 0.25) is 0 Å². The zero-order chi connectivity index (χ0) is 12.8. The number of nitrogens with two attached hydrogens (primary N) is 1. The number of nitrogens with zero attached hydrogens (tertiary/aromatic N) is 1. The number of anilines is 1. The molecule has 0 spiro atoms. The Balaban J connectivity index is 1.82. The Morgan fingerprint density at radius 1 is 1.39 bits per heavy atom. The Kier molecular flexibility index (Phi) is 5.16. The van der Waals surface area contributed by atoms with Crippen molar-refractivity contribution in [3.63, 3.8) is 0 Å². The number of rotatable bonds is 5. The fraction of sp³-hybridized carbons (Fsp3) is 0.538. The zero-order valence-corrected chi connectivity index (χ0v) is 11.5. The molecule has 2 N–H and O–H groups in total. The minimum atomic E-state index is 0.740. The molecule has 1 fully saturated rings. The number of thioether (sulfide) groups is 1. The molecule has 1 aliphatic heterocycles. The second-order valence-electron chi connectivity index (χ2n) is 4.21. The van der Waals surface area contributed by atoms with Gasteiger partial charge in [0.15, 0.2) is 0 Å². The molecule has 18 heavy (non-hydrogen) atoms. The van der Waals surface area contributed by atoms with E-state index in [1.807, 2.05) is 30.0 Å². The quantitative estimate of drug-likeness (QED) is 0.650. The Morgan fingerprint density at radius 3 is 2.89 bits per heavy atom. The van der Waals surface area contributed by atoms with Crippen LogP contribution in [0.15, 0.2) is 23.1 Å². The van der Waals surface area contributed by atoms with E-state index in [9.17, 15) is 0 Å². The molecule has 0 unspecified atom stereocenters. The van der Waals surface area contributed by atoms with Crippen molar-refractivity contribution in [3.05, 3.63) is 18.2 Å². The van der Waals surface area contributed by atoms with Crippen LogP contribution in [0.1, 0.15) is 0 Å². The van der Waals surface area contributed by atoms with Crippen LogP contribution in [0.4, 0.5) is 5.69 Å². The van der Waals surface area contributed by atoms with Crippen molar-refractivity contribution in [3.8, 4) is 5.75 Å². The Hall–Kier alpha value is -0.910. The predicted octanol–water partition coefficient (Wildman–Crippen LogP) is 1.70. The largest absolute Gasteiger partial charge is 0.496 e. The maximum Gasteiger partial charge on any atom is 0.134 e. The molecular weight excluding hydrogens is 248 g/mol. The van der Waals surface area contributed by atoms with Crippen LogP contribution >= 0.6 is 11.8 Å². The molecule has 0 radical (unpaired) electrons. The van der Waals surface area contributed by atoms with E-state index in [1.54, 1.807) is 7.11 Å². The van der Waals surface area contributed by atoms with Gasteiger partial charge in [-0.05, 0) is 12.1 Å². The van der Waals surface area contributed by atoms with Gasteiger partial charge in [-0.25, -0.2) is 0 Å². The second kappa shape index (κ2) is 6.87. The average Bonchev–Trinajstić information content (AvgIpc) is 2.41. The summed E-state index contributed by atoms with van der Waals surface area (Å²) >= 11 is 1.81. The first-order valence-corrected chi connectivity index (χ1v) is 7.14. The topological polar surface area (TPSA) is 47.7 Å². The lowest BCUT2D eigenvalue weighted by molar-refractivity contribution is 0.0410. The van der Waals surface area contributed by atoms with Gasteiger partial charge in [0.25, 0.3) is 0 Å². The highest BCUT2D eigenvalue weighted by molar-refractivity contribution is 7.99. The van der Waals surface area contributed by atoms with Crippen LogP contribution < -0.4 is 10.5 Å². The third-order valence-corrected chi connectivity index (χ3v) is 3.99. The lowest BCUT2D eigenvalue weighted by atomic mass is 10.3. The fourth-order valence-electron chi connectivity index (χ4n) is 1.91. The number of ether oxygens (including phenoxy) is 2. The summed E-state index contributed by atoms with van der Waals surface area (Å²) in [7, 11) is 1.68. The molecule has 1 heterocycles. The fourth-order valence-corrected chi connectivity index (χ4v) is 2.93. The lowest BCUT2D eigenvalue weighted by Crippen LogP contribution is -2.37. The molecule has 0 aromatic heterocycles. The van der Waals surface area contributed by atoms with Crippen molar-refractivity contribution in [2.45, 2.75) is 4.90 Å². The lowest BCUT2D eigenvalue weighted by Gasteiger charge is -2.26. The predicted molar refractivity (Wildman–Crippen MR) is 75.4 cm³/mol. The maximum absolute atomic E-state index is 5.74. The summed E-state index contributed by atoms with van der Waals surface area (Å²) in [6.07, 6.45) is 0. The van der Waals surface area contributed by atoms with Crippen LogP contribution in [-0.2, 0) is 4.74 Å². The highest BCUT2D eigenvalue weighted by Gasteiger charge is 2.10. The summed E-state index contributed by atoms with van der Waals surface area (Å²) < 4.78 is 10.7. The van der Waals surface area contributed by atoms with Crippen LogP contribution in [0, 0.1) is 0 Å². The van der Waals surface area contributed by atoms with Crippen molar-refractivity contribution in [2.75, 3.05) is 51.4 Å². The summed E-state index contributed by atoms with van der Waals surface area (Å²) in [5.74, 6) is 1.92. The monoisotopic (exact) mass is 268 g/mol. The number of methoxy groups -OCH3 is 1. The number of benzene rings is 1. The van der Waals surface area contributed by atoms with Gasteiger partial charge in [-0.1, -0.05) is 0 Å². The van der Waals surface area contributed by atoms with Crippen molar-refractivity contribution in [2.24, 2.45) is 0 Å². The SMILES string of the molecule is COc1cc(N)ccc1SCCN1CCOCC1. The minimum absolute atomic E-state index is 0.740. The van der Waals surface area contributed by atoms with E-state index >= 15 is 0 Å². The van der Waals surface area contributed by atoms with E-state index in [-0.39, 0.29) is 0 Å². The van der Waals surface area contributed by atoms with E-state index in [0.717, 1.165) is 54.9 Å². The molecule has 1 saturated heterocycles. The smallest absolute Gasteiger partial charge is 0.134 e. The van der Waals surface area contributed by atoms with Crippen molar-refractivity contribution in [1.29, 1.82) is 0 Å². The first-order valence-electron chi connectivity index (χ1n) is 6.16. The van der Waals surface area contributed by atoms with Crippen molar-refractivity contribution < 1.29 is 9.47 Å². The summed E-state index contributed by atoms with van der Waals surface area (Å²) in [5.41, 5.74) is 6.48. The van der Waals surface area contributed by atoms with Gasteiger partial charge in [0.2, 0.25) is 0 Å². The molecule has 4 nitrogen and oxygen atoms in total. The second-order valence-corrected chi connectivity index (χ2v) is 5.35. The molecule has 1 aromatic carbocycles. The summed E-state index contributed by atoms with van der Waals surface area (Å²) in [6, 6.07) is 5.81. The van der Waals surface area contributed by atoms with Crippen molar-refractivity contribution >= 4 is 17.4 Å². The highest BCUT2D eigenvalue weighted by Crippen LogP contribution is 2.30. The normalized spacial score (nSPS) is 16.7. The molecule has 0 saturated carbocycles. The first kappa shape index (κ1) is 13.5. The molecule has 1 aliphatic rings. The van der Waals surface area contributed by atoms with E-state index in [0.29, 0.717) is 0 Å². The van der Waals surface area contributed by atoms with Gasteiger partial charge >= 0.3 is 0 Å². The van der Waals surface area contributed by atoms with E-state index in [1.165, 1.54) is 0 Å². The third-order valence-electron chi connectivity index (χ3n) is 2.96. The standard InChI is InChI=1S/C13H20N2O2S/c1-16-12-10-11(14)2-3-13(12)18-9-6-15-4-7-17-8-5-15/h2-3,10H,4-9,14H2,1H3. The molecular formula is C13H20N2O2S. The van der Waals surface area contributed by atoms with Gasteiger partial charge in [-0.3, -0.25) is 4.90 Å². The van der Waals surface area contributed by atoms with Crippen LogP contribution in [0.5, 0.6) is 5.75 Å². The Bertz CT molecular complexity index is 381. The molecule has 100 valence electrons. The molecule has 5 heteroatoms. The molecule has 0 bridgehead atoms. The first-order chi connectivity index (χ1) is 8.79. The van der Waals surface area contributed by atoms with Gasteiger partial charge in [-0.2, -0.15) is 0 Å². The average molecular weight is 268 g/mol. The number of hydrogen-bond donors (Lipinski definition) is 1. The van der Waals surface area contributed by atoms with E-state index in [2.05, 4.69) is 4.90 Å². The van der Waals surface area contributed by atoms with Crippen LogP contribution in [0.25, 0.3) is 0 Å². The number of nitrogen functional groups attached to an aromatic ring is 1. The third kappa shape index (κ3) is 3.80. The van der Waals surface area contributed by atoms with Crippen molar-refractivity contribution in [1.82, 2.24) is 4.90 Å². The summed E-state index contributed by atoms with van der Waals surface area (Å²) in [4.78, 5) is 3.58. The molecule has 2 rings (SSSR count). The van der Waals surface area contributed by atoms with Gasteiger partial charge in [0.1, 0.15) is 5.75 Å². The Morgan fingerprint density at radius 2 is 2.17 bits per heavy atom. The van der Waals surface area contributed by atoms with E-state index < -0.39 is 0 Å². The van der Waals surface area contributed by atoms with Gasteiger partial charge in [-0.15, -0.1) is 11.8 Å². The van der Waals surface area contributed by atoms with Crippen LogP contribution in [0.3, 0.4) is 0 Å². The number of hydrogen-bond acceptors (Lipinski definition) is 5. The van der Waals surface area contributed by atoms with E-state index in [4.69, 9.17) is 15.2 Å². The molecule has 0 aliphatic carbocycles. The summed E-state index contributed by atoms with van der Waals surface area (Å²) in [6.45, 7) is 4.88. The minimum Gasteiger partial charge on any atom is -0.496 e. The summed E-state index contributed by atoms with van der Waals surface area (Å²) in [5, 5.41) is 0. The van der Waals surface area contributed by atoms with Gasteiger partial charge < -0.3 is 15.2 Å². The molecule has 0 atom stereocenters. The van der Waals surface area contributed by atoms with Crippen LogP contribution in [-0.4, -0.2) is 50.6 Å². The molecule has 0 amide bonds. The maximum atomic E-state index is 5.74. The van der Waals surface area contributed by atoms with Gasteiger partial charge in [0.05, 0.1) is 20.3 Å². The zero-order valence-electron chi connectivity index (χ0n) is 10.7. The van der Waals surface area contributed by atoms with Gasteiger partial charge in [0, 0.05) is 42.0 Å². The Labute approximate surface area is 112 Å². The highest BCUT2D eigenvalue weighted by atomic mass is 32.2. The molecule has 1 aromatic rings. The number of morpholine rings is 1.